The average molecular weight is 505 g/mol. The number of hydrogen-bond donors (Lipinski definition) is 0. The fraction of sp³-hybridized carbons (Fsp3) is 0.0833. The first-order valence-corrected chi connectivity index (χ1v) is 13.9. The predicted octanol–water partition coefficient (Wildman–Crippen LogP) is 6.34. The van der Waals surface area contributed by atoms with Gasteiger partial charge in [-0.1, -0.05) is 42.0 Å². The largest absolute Gasteiger partial charge is 0.147 e. The molecular formula is C24H26Cl2SiZr-4. The Balaban J connectivity index is 0. The third kappa shape index (κ3) is 6.56. The summed E-state index contributed by atoms with van der Waals surface area (Å²) >= 11 is 1.58. The van der Waals surface area contributed by atoms with Gasteiger partial charge in [0.05, 0.1) is 0 Å². The molecule has 0 unspecified atom stereocenters. The zero-order valence-electron chi connectivity index (χ0n) is 16.4. The van der Waals surface area contributed by atoms with Gasteiger partial charge in [0.2, 0.25) is 0 Å². The van der Waals surface area contributed by atoms with Gasteiger partial charge in [-0.3, -0.25) is 6.08 Å². The molecule has 0 radical (unpaired) electrons. The molecule has 5 rings (SSSR count). The maximum absolute atomic E-state index is 3.39. The summed E-state index contributed by atoms with van der Waals surface area (Å²) in [6.45, 7) is 1.95. The van der Waals surface area contributed by atoms with Gasteiger partial charge in [0.15, 0.2) is 0 Å². The van der Waals surface area contributed by atoms with E-state index in [0.29, 0.717) is 0 Å². The summed E-state index contributed by atoms with van der Waals surface area (Å²) in [5.41, 5.74) is 5.65. The van der Waals surface area contributed by atoms with Gasteiger partial charge in [-0.2, -0.15) is 6.08 Å². The van der Waals surface area contributed by atoms with E-state index in [1.54, 1.807) is 23.3 Å². The topological polar surface area (TPSA) is 0 Å². The number of hydrogen-bond acceptors (Lipinski definition) is 0. The van der Waals surface area contributed by atoms with E-state index in [2.05, 4.69) is 66.7 Å². The predicted molar refractivity (Wildman–Crippen MR) is 128 cm³/mol. The smallest absolute Gasteiger partial charge is 0.0246 e. The van der Waals surface area contributed by atoms with Gasteiger partial charge in [0.25, 0.3) is 0 Å². The van der Waals surface area contributed by atoms with Crippen LogP contribution in [0.2, 0.25) is 0 Å². The normalized spacial score (nSPS) is 10.8. The van der Waals surface area contributed by atoms with E-state index in [0.717, 1.165) is 12.8 Å². The zero-order valence-corrected chi connectivity index (χ0v) is 21.9. The summed E-state index contributed by atoms with van der Waals surface area (Å²) in [5, 5.41) is 2.57. The molecular weight excluding hydrogens is 478 g/mol. The van der Waals surface area contributed by atoms with Crippen LogP contribution in [0.25, 0.3) is 21.9 Å². The Kier molecular flexibility index (Phi) is 15.7. The number of rotatable bonds is 0. The number of allylic oxidation sites excluding steroid dienone is 4. The molecule has 2 aliphatic rings. The van der Waals surface area contributed by atoms with Crippen molar-refractivity contribution in [1.29, 1.82) is 0 Å². The zero-order chi connectivity index (χ0) is 16.8. The molecule has 28 heavy (non-hydrogen) atoms. The molecule has 3 aromatic rings. The molecule has 148 valence electrons. The van der Waals surface area contributed by atoms with E-state index in [1.165, 1.54) is 33.0 Å². The summed E-state index contributed by atoms with van der Waals surface area (Å²) in [6, 6.07) is 22.7. The molecule has 2 aliphatic carbocycles. The van der Waals surface area contributed by atoms with E-state index >= 15 is 0 Å². The molecule has 3 aromatic carbocycles. The molecule has 0 aliphatic heterocycles. The Labute approximate surface area is 199 Å². The number of benzene rings is 3. The molecule has 0 fully saturated rings. The van der Waals surface area contributed by atoms with Crippen LogP contribution in [0.4, 0.5) is 0 Å². The van der Waals surface area contributed by atoms with Crippen molar-refractivity contribution in [1.82, 2.24) is 0 Å². The SMILES string of the molecule is Cl.Cl.[C-]1=CC=CC1.[CH3-].[CH3-].[SiH2]=[Zr].[c-]1cccc2ccc3c(c12)Cc1ccccc1-3. The van der Waals surface area contributed by atoms with Crippen molar-refractivity contribution in [2.75, 3.05) is 0 Å². The van der Waals surface area contributed by atoms with Crippen LogP contribution in [-0.2, 0) is 29.8 Å². The first kappa shape index (κ1) is 29.3. The number of fused-ring (bicyclic) bond motifs is 5. The van der Waals surface area contributed by atoms with Gasteiger partial charge in [-0.05, 0) is 17.5 Å². The molecule has 0 saturated heterocycles. The van der Waals surface area contributed by atoms with Crippen LogP contribution in [-0.4, -0.2) is 6.88 Å². The van der Waals surface area contributed by atoms with E-state index in [4.69, 9.17) is 0 Å². The maximum Gasteiger partial charge on any atom is -0.0246 e. The Morgan fingerprint density at radius 2 is 1.61 bits per heavy atom. The Hall–Kier alpha value is -0.920. The second kappa shape index (κ2) is 15.0. The van der Waals surface area contributed by atoms with Crippen LogP contribution in [0.1, 0.15) is 17.5 Å². The third-order valence-corrected chi connectivity index (χ3v) is 4.21. The quantitative estimate of drug-likeness (QED) is 0.194. The average Bonchev–Trinajstić information content (AvgIpc) is 3.35. The molecule has 0 aromatic heterocycles. The first-order valence-electron chi connectivity index (χ1n) is 8.01. The van der Waals surface area contributed by atoms with Gasteiger partial charge >= 0.3 is 30.2 Å². The minimum Gasteiger partial charge on any atom is -0.147 e. The summed E-state index contributed by atoms with van der Waals surface area (Å²) in [5.74, 6) is 0. The van der Waals surface area contributed by atoms with Crippen molar-refractivity contribution in [2.45, 2.75) is 12.8 Å². The number of halogens is 2. The van der Waals surface area contributed by atoms with Crippen molar-refractivity contribution in [3.63, 3.8) is 0 Å². The third-order valence-electron chi connectivity index (χ3n) is 4.21. The summed E-state index contributed by atoms with van der Waals surface area (Å²) < 4.78 is 0. The molecule has 0 N–H and O–H groups in total. The fourth-order valence-electron chi connectivity index (χ4n) is 3.16. The fourth-order valence-corrected chi connectivity index (χ4v) is 3.16. The van der Waals surface area contributed by atoms with Crippen molar-refractivity contribution in [3.05, 3.63) is 111 Å². The van der Waals surface area contributed by atoms with Gasteiger partial charge < -0.3 is 14.9 Å². The van der Waals surface area contributed by atoms with Gasteiger partial charge in [-0.15, -0.1) is 71.8 Å². The van der Waals surface area contributed by atoms with Gasteiger partial charge in [0, 0.05) is 0 Å². The van der Waals surface area contributed by atoms with Crippen molar-refractivity contribution in [3.8, 4) is 11.1 Å². The standard InChI is InChI=1S/C17H11.C5H5.2CH3.2ClH.H2Si.Zr/c1-3-7-14-12(5-1)9-10-16-15-8-4-2-6-13(15)11-17(14)16;1-2-4-5-3-1;;;;;;/h1-6,8-10H,11H2;1-3H,4H2;2*1H3;2*1H;1H2;/q4*-1;;;;. The summed E-state index contributed by atoms with van der Waals surface area (Å²) in [7, 11) is 0. The van der Waals surface area contributed by atoms with Crippen LogP contribution in [0.15, 0.2) is 72.8 Å². The second-order valence-corrected chi connectivity index (χ2v) is 5.56. The molecule has 0 bridgehead atoms. The Morgan fingerprint density at radius 3 is 2.25 bits per heavy atom. The van der Waals surface area contributed by atoms with Crippen molar-refractivity contribution in [2.24, 2.45) is 0 Å². The minimum atomic E-state index is 0. The van der Waals surface area contributed by atoms with Crippen LogP contribution in [0.3, 0.4) is 0 Å². The maximum atomic E-state index is 3.39. The molecule has 0 spiro atoms. The van der Waals surface area contributed by atoms with Crippen LogP contribution in [0.5, 0.6) is 0 Å². The van der Waals surface area contributed by atoms with Crippen molar-refractivity contribution < 1.29 is 23.3 Å². The monoisotopic (exact) mass is 502 g/mol. The molecule has 0 amide bonds. The Bertz CT molecular complexity index is 909. The van der Waals surface area contributed by atoms with E-state index < -0.39 is 0 Å². The molecule has 0 nitrogen and oxygen atoms in total. The van der Waals surface area contributed by atoms with Crippen LogP contribution < -0.4 is 0 Å². The Morgan fingerprint density at radius 1 is 0.857 bits per heavy atom. The van der Waals surface area contributed by atoms with E-state index in [9.17, 15) is 0 Å². The molecule has 4 heteroatoms. The molecule has 0 atom stereocenters. The van der Waals surface area contributed by atoms with Gasteiger partial charge in [-0.25, -0.2) is 12.2 Å². The van der Waals surface area contributed by atoms with Crippen LogP contribution in [0, 0.1) is 27.0 Å². The van der Waals surface area contributed by atoms with Crippen molar-refractivity contribution >= 4 is 42.5 Å². The minimum absolute atomic E-state index is 0. The van der Waals surface area contributed by atoms with E-state index in [-0.39, 0.29) is 39.7 Å². The van der Waals surface area contributed by atoms with Crippen LogP contribution >= 0.6 is 24.8 Å². The molecule has 0 saturated carbocycles. The second-order valence-electron chi connectivity index (χ2n) is 5.56. The van der Waals surface area contributed by atoms with Gasteiger partial charge in [0.1, 0.15) is 0 Å². The molecule has 0 heterocycles. The summed E-state index contributed by atoms with van der Waals surface area (Å²) in [4.78, 5) is 0. The van der Waals surface area contributed by atoms with E-state index in [1.807, 2.05) is 25.1 Å². The first-order chi connectivity index (χ1) is 11.9. The summed E-state index contributed by atoms with van der Waals surface area (Å²) in [6.07, 6.45) is 11.0.